The molecule has 2 aliphatic heterocycles. The fourth-order valence-corrected chi connectivity index (χ4v) is 11.5. The van der Waals surface area contributed by atoms with Gasteiger partial charge in [0.15, 0.2) is 0 Å². The molecule has 5 aliphatic rings. The molecule has 14 nitrogen and oxygen atoms in total. The molecule has 352 valence electrons. The number of rotatable bonds is 10. The van der Waals surface area contributed by atoms with Gasteiger partial charge >= 0.3 is 12.2 Å². The van der Waals surface area contributed by atoms with E-state index in [4.69, 9.17) is 19.4 Å². The zero-order chi connectivity index (χ0) is 47.4. The van der Waals surface area contributed by atoms with Gasteiger partial charge in [-0.2, -0.15) is 0 Å². The average Bonchev–Trinajstić information content (AvgIpc) is 4.14. The molecule has 3 fully saturated rings. The summed E-state index contributed by atoms with van der Waals surface area (Å²) in [6.45, 7) is 15.3. The molecule has 10 rings (SSSR count). The predicted molar refractivity (Wildman–Crippen MR) is 258 cm³/mol. The molecular formula is C53H64N8O6. The van der Waals surface area contributed by atoms with Crippen molar-refractivity contribution in [1.29, 1.82) is 0 Å². The maximum atomic E-state index is 14.0. The van der Waals surface area contributed by atoms with Crippen LogP contribution in [0.25, 0.3) is 44.5 Å². The van der Waals surface area contributed by atoms with Gasteiger partial charge in [-0.25, -0.2) is 19.6 Å². The SMILES string of the molecule is COC(=O)NC(C(=O)N1C[C@@H](C)C[C@H]1c1ncc(-c2ccc(-c3ccc(-c4ccc5nc([C@@H]6C[C@H](C)CN6C(=O)[C@@H](NC(=O)OC)C(C)C)[nH]c5c4)c4c3C3CCC4CC3C)cc2)[nH]1)=C(C)C. The summed E-state index contributed by atoms with van der Waals surface area (Å²) < 4.78 is 9.64. The zero-order valence-electron chi connectivity index (χ0n) is 40.2. The monoisotopic (exact) mass is 908 g/mol. The molecule has 4 N–H and O–H groups in total. The Bertz CT molecular complexity index is 2750. The van der Waals surface area contributed by atoms with Crippen LogP contribution >= 0.6 is 0 Å². The van der Waals surface area contributed by atoms with Gasteiger partial charge in [0.1, 0.15) is 23.4 Å². The van der Waals surface area contributed by atoms with Gasteiger partial charge in [0.25, 0.3) is 5.91 Å². The highest BCUT2D eigenvalue weighted by Gasteiger charge is 2.43. The maximum absolute atomic E-state index is 14.0. The first kappa shape index (κ1) is 45.7. The highest BCUT2D eigenvalue weighted by Crippen LogP contribution is 2.57. The molecule has 3 aliphatic carbocycles. The van der Waals surface area contributed by atoms with E-state index in [2.05, 4.69) is 96.0 Å². The number of nitrogens with one attached hydrogen (secondary N) is 4. The van der Waals surface area contributed by atoms with E-state index in [-0.39, 0.29) is 47.3 Å². The summed E-state index contributed by atoms with van der Waals surface area (Å²) in [5.41, 5.74) is 12.4. The Hall–Kier alpha value is -6.44. The minimum absolute atomic E-state index is 0.117. The number of carbonyl (C=O) groups is 4. The molecule has 67 heavy (non-hydrogen) atoms. The van der Waals surface area contributed by atoms with Gasteiger partial charge in [-0.05, 0) is 138 Å². The topological polar surface area (TPSA) is 175 Å². The van der Waals surface area contributed by atoms with Crippen LogP contribution in [0, 0.1) is 23.7 Å². The number of amides is 4. The summed E-state index contributed by atoms with van der Waals surface area (Å²) in [7, 11) is 2.59. The van der Waals surface area contributed by atoms with Crippen molar-refractivity contribution in [2.45, 2.75) is 111 Å². The number of hydrogen-bond acceptors (Lipinski definition) is 8. The third-order valence-electron chi connectivity index (χ3n) is 14.9. The molecule has 3 aromatic carbocycles. The number of aromatic amines is 2. The number of methoxy groups -OCH3 is 2. The van der Waals surface area contributed by atoms with Crippen LogP contribution in [0.4, 0.5) is 9.59 Å². The van der Waals surface area contributed by atoms with Crippen molar-refractivity contribution in [2.75, 3.05) is 27.3 Å². The van der Waals surface area contributed by atoms with E-state index in [0.717, 1.165) is 52.3 Å². The number of likely N-dealkylation sites (tertiary alicyclic amines) is 2. The fourth-order valence-electron chi connectivity index (χ4n) is 11.5. The Morgan fingerprint density at radius 2 is 1.39 bits per heavy atom. The number of allylic oxidation sites excluding steroid dienone is 1. The number of ether oxygens (including phenoxy) is 2. The van der Waals surface area contributed by atoms with Gasteiger partial charge < -0.3 is 34.6 Å². The Labute approximate surface area is 392 Å². The van der Waals surface area contributed by atoms with E-state index in [1.807, 2.05) is 24.9 Å². The van der Waals surface area contributed by atoms with Gasteiger partial charge in [-0.1, -0.05) is 77.1 Å². The molecule has 3 unspecified atom stereocenters. The molecular weight excluding hydrogens is 845 g/mol. The lowest BCUT2D eigenvalue weighted by Gasteiger charge is -2.45. The van der Waals surface area contributed by atoms with Crippen LogP contribution in [0.2, 0.25) is 0 Å². The smallest absolute Gasteiger partial charge is 0.411 e. The molecule has 4 heterocycles. The highest BCUT2D eigenvalue weighted by atomic mass is 16.5. The van der Waals surface area contributed by atoms with Crippen LogP contribution in [-0.4, -0.2) is 87.1 Å². The van der Waals surface area contributed by atoms with Crippen LogP contribution < -0.4 is 10.6 Å². The molecule has 2 bridgehead atoms. The first-order valence-electron chi connectivity index (χ1n) is 23.9. The van der Waals surface area contributed by atoms with Crippen molar-refractivity contribution < 1.29 is 28.7 Å². The number of carbonyl (C=O) groups excluding carboxylic acids is 4. The summed E-state index contributed by atoms with van der Waals surface area (Å²) >= 11 is 0. The average molecular weight is 909 g/mol. The lowest BCUT2D eigenvalue weighted by molar-refractivity contribution is -0.135. The van der Waals surface area contributed by atoms with Gasteiger partial charge in [-0.3, -0.25) is 14.9 Å². The van der Waals surface area contributed by atoms with Crippen molar-refractivity contribution in [3.05, 3.63) is 94.8 Å². The first-order chi connectivity index (χ1) is 32.1. The van der Waals surface area contributed by atoms with Crippen molar-refractivity contribution in [2.24, 2.45) is 23.7 Å². The minimum Gasteiger partial charge on any atom is -0.453 e. The normalized spacial score (nSPS) is 23.6. The second kappa shape index (κ2) is 18.3. The Balaban J connectivity index is 0.989. The number of hydrogen-bond donors (Lipinski definition) is 4. The fraction of sp³-hybridized carbons (Fsp3) is 0.472. The van der Waals surface area contributed by atoms with Crippen LogP contribution in [0.5, 0.6) is 0 Å². The second-order valence-corrected chi connectivity index (χ2v) is 20.2. The number of fused-ring (bicyclic) bond motifs is 3. The van der Waals surface area contributed by atoms with Crippen LogP contribution in [0.15, 0.2) is 72.1 Å². The van der Waals surface area contributed by atoms with Crippen LogP contribution in [0.1, 0.15) is 127 Å². The van der Waals surface area contributed by atoms with E-state index in [0.29, 0.717) is 36.4 Å². The van der Waals surface area contributed by atoms with Gasteiger partial charge in [-0.15, -0.1) is 0 Å². The minimum atomic E-state index is -0.703. The summed E-state index contributed by atoms with van der Waals surface area (Å²) in [5, 5.41) is 5.38. The molecule has 0 spiro atoms. The van der Waals surface area contributed by atoms with Crippen LogP contribution in [0.3, 0.4) is 0 Å². The largest absolute Gasteiger partial charge is 0.453 e. The summed E-state index contributed by atoms with van der Waals surface area (Å²) in [6, 6.07) is 18.7. The van der Waals surface area contributed by atoms with E-state index in [9.17, 15) is 19.2 Å². The van der Waals surface area contributed by atoms with Gasteiger partial charge in [0, 0.05) is 13.1 Å². The number of H-pyrrole nitrogens is 2. The zero-order valence-corrected chi connectivity index (χ0v) is 40.2. The lowest BCUT2D eigenvalue weighted by Crippen LogP contribution is -2.51. The van der Waals surface area contributed by atoms with E-state index in [1.54, 1.807) is 18.7 Å². The molecule has 8 atom stereocenters. The number of imidazole rings is 2. The van der Waals surface area contributed by atoms with Gasteiger partial charge in [0.05, 0.1) is 49.2 Å². The number of benzene rings is 3. The molecule has 4 amide bonds. The summed E-state index contributed by atoms with van der Waals surface area (Å²) in [5.74, 6) is 3.06. The summed E-state index contributed by atoms with van der Waals surface area (Å²) in [6.07, 6.45) is 5.63. The predicted octanol–water partition coefficient (Wildman–Crippen LogP) is 10.1. The number of nitrogens with zero attached hydrogens (tertiary/aromatic N) is 4. The number of aromatic nitrogens is 4. The summed E-state index contributed by atoms with van der Waals surface area (Å²) in [4.78, 5) is 72.8. The maximum Gasteiger partial charge on any atom is 0.411 e. The molecule has 0 radical (unpaired) electrons. The van der Waals surface area contributed by atoms with Crippen LogP contribution in [-0.2, 0) is 19.1 Å². The standard InChI is InChI=1S/C53H64N8O6/c1-27(2)46(58-52(64)66-8)50(62)60-25-29(5)20-42(60)48-54-24-41(57-48)33-12-10-32(11-13-33)37-17-18-38(44-35-14-16-36(45(37)44)31(7)22-35)34-15-19-39-40(23-34)56-49(55-39)43-21-30(6)26-61(43)51(63)47(28(3)4)59-53(65)67-9/h10-13,15,17-19,23-24,28-31,35-36,42-43,47H,14,16,20-22,25-26H2,1-9H3,(H,54,57)(H,55,56)(H,58,64)(H,59,65)/t29-,30-,31?,35?,36?,42-,43-,47-/m0/s1. The molecule has 2 aromatic heterocycles. The highest BCUT2D eigenvalue weighted by molar-refractivity contribution is 5.97. The van der Waals surface area contributed by atoms with Crippen molar-refractivity contribution in [1.82, 2.24) is 40.4 Å². The Kier molecular flexibility index (Phi) is 12.5. The van der Waals surface area contributed by atoms with Gasteiger partial charge in [0.2, 0.25) is 5.91 Å². The first-order valence-corrected chi connectivity index (χ1v) is 23.9. The van der Waals surface area contributed by atoms with Crippen molar-refractivity contribution >= 4 is 35.0 Å². The third-order valence-corrected chi connectivity index (χ3v) is 14.9. The van der Waals surface area contributed by atoms with E-state index in [1.165, 1.54) is 61.3 Å². The molecule has 14 heteroatoms. The Morgan fingerprint density at radius 3 is 2.04 bits per heavy atom. The molecule has 5 aromatic rings. The Morgan fingerprint density at radius 1 is 0.746 bits per heavy atom. The van der Waals surface area contributed by atoms with E-state index >= 15 is 0 Å². The molecule has 2 saturated heterocycles. The van der Waals surface area contributed by atoms with E-state index < -0.39 is 18.2 Å². The third kappa shape index (κ3) is 8.59. The van der Waals surface area contributed by atoms with Crippen molar-refractivity contribution in [3.63, 3.8) is 0 Å². The second-order valence-electron chi connectivity index (χ2n) is 20.2. The molecule has 1 saturated carbocycles. The quantitative estimate of drug-likeness (QED) is 0.100. The lowest BCUT2D eigenvalue weighted by atomic mass is 9.59. The number of alkyl carbamates (subject to hydrolysis) is 2. The van der Waals surface area contributed by atoms with Crippen molar-refractivity contribution in [3.8, 4) is 33.5 Å².